The molecule has 0 aromatic carbocycles. The first-order chi connectivity index (χ1) is 9.19. The molecule has 0 atom stereocenters. The van der Waals surface area contributed by atoms with Gasteiger partial charge in [-0.15, -0.1) is 22.7 Å². The summed E-state index contributed by atoms with van der Waals surface area (Å²) in [5, 5.41) is 14.6. The van der Waals surface area contributed by atoms with Crippen molar-refractivity contribution >= 4 is 38.7 Å². The number of anilines is 2. The number of hydrogen-bond acceptors (Lipinski definition) is 6. The Bertz CT molecular complexity index is 695. The second-order valence-electron chi connectivity index (χ2n) is 4.20. The van der Waals surface area contributed by atoms with Gasteiger partial charge in [-0.2, -0.15) is 5.26 Å². The number of nitrogens with two attached hydrogens (primary N) is 1. The molecule has 0 saturated heterocycles. The minimum Gasteiger partial charge on any atom is -0.375 e. The van der Waals surface area contributed by atoms with Crippen LogP contribution in [0, 0.1) is 11.3 Å². The molecule has 96 valence electrons. The number of fused-ring (bicyclic) bond motifs is 1. The third-order valence-electron chi connectivity index (χ3n) is 3.01. The molecule has 0 fully saturated rings. The molecule has 0 aliphatic heterocycles. The van der Waals surface area contributed by atoms with Crippen molar-refractivity contribution in [3.63, 3.8) is 0 Å². The lowest BCUT2D eigenvalue weighted by atomic mass is 10.1. The fraction of sp³-hybridized carbons (Fsp3) is 0.250. The number of carbonyl (C=O) groups is 1. The molecule has 1 amide bonds. The molecule has 2 aromatic rings. The molecule has 0 spiro atoms. The zero-order chi connectivity index (χ0) is 13.4. The highest BCUT2D eigenvalue weighted by Crippen LogP contribution is 2.38. The maximum atomic E-state index is 12.0. The number of nitrogens with one attached hydrogen (secondary N) is 1. The Hall–Kier alpha value is -1.91. The summed E-state index contributed by atoms with van der Waals surface area (Å²) in [6, 6.07) is 2.19. The van der Waals surface area contributed by atoms with Gasteiger partial charge in [-0.1, -0.05) is 0 Å². The van der Waals surface area contributed by atoms with Crippen LogP contribution in [0.15, 0.2) is 5.38 Å². The standard InChI is InChI=1S/C12H10N4OS2/c13-4-7-6-2-1-3-9(6)19-11(7)16-10(17)8-5-18-12(14)15-8/h5H,1-3H2,(H2,14,15)(H,16,17). The number of aryl methyl sites for hydroxylation is 1. The largest absolute Gasteiger partial charge is 0.375 e. The van der Waals surface area contributed by atoms with Crippen molar-refractivity contribution in [1.82, 2.24) is 4.98 Å². The lowest BCUT2D eigenvalue weighted by Gasteiger charge is -2.01. The Morgan fingerprint density at radius 1 is 1.53 bits per heavy atom. The molecule has 1 aliphatic rings. The summed E-state index contributed by atoms with van der Waals surface area (Å²) in [7, 11) is 0. The molecule has 19 heavy (non-hydrogen) atoms. The molecule has 0 unspecified atom stereocenters. The Morgan fingerprint density at radius 3 is 3.05 bits per heavy atom. The predicted octanol–water partition coefficient (Wildman–Crippen LogP) is 2.40. The average molecular weight is 290 g/mol. The first-order valence-corrected chi connectivity index (χ1v) is 7.45. The number of thiophene rings is 1. The van der Waals surface area contributed by atoms with Gasteiger partial charge in [0.1, 0.15) is 16.8 Å². The highest BCUT2D eigenvalue weighted by Gasteiger charge is 2.23. The minimum absolute atomic E-state index is 0.292. The molecule has 5 nitrogen and oxygen atoms in total. The molecular weight excluding hydrogens is 280 g/mol. The van der Waals surface area contributed by atoms with E-state index in [9.17, 15) is 10.1 Å². The molecule has 3 N–H and O–H groups in total. The van der Waals surface area contributed by atoms with Crippen LogP contribution in [0.4, 0.5) is 10.1 Å². The van der Waals surface area contributed by atoms with E-state index < -0.39 is 0 Å². The van der Waals surface area contributed by atoms with Crippen molar-refractivity contribution < 1.29 is 4.79 Å². The second kappa shape index (κ2) is 4.64. The van der Waals surface area contributed by atoms with Crippen LogP contribution in [0.5, 0.6) is 0 Å². The van der Waals surface area contributed by atoms with Crippen LogP contribution in [0.1, 0.15) is 32.9 Å². The molecule has 0 saturated carbocycles. The number of rotatable bonds is 2. The van der Waals surface area contributed by atoms with E-state index in [-0.39, 0.29) is 5.91 Å². The number of nitrogen functional groups attached to an aromatic ring is 1. The summed E-state index contributed by atoms with van der Waals surface area (Å²) in [6.07, 6.45) is 3.01. The van der Waals surface area contributed by atoms with Crippen LogP contribution in [0.25, 0.3) is 0 Å². The summed E-state index contributed by atoms with van der Waals surface area (Å²) < 4.78 is 0. The fourth-order valence-corrected chi connectivity index (χ4v) is 3.95. The molecule has 1 aliphatic carbocycles. The van der Waals surface area contributed by atoms with Crippen LogP contribution < -0.4 is 11.1 Å². The number of nitrogens with zero attached hydrogens (tertiary/aromatic N) is 2. The Kier molecular flexibility index (Phi) is 2.97. The molecular formula is C12H10N4OS2. The highest BCUT2D eigenvalue weighted by atomic mass is 32.1. The van der Waals surface area contributed by atoms with Crippen molar-refractivity contribution in [2.24, 2.45) is 0 Å². The molecule has 3 rings (SSSR count). The van der Waals surface area contributed by atoms with E-state index in [1.807, 2.05) is 0 Å². The van der Waals surface area contributed by atoms with Crippen molar-refractivity contribution in [3.8, 4) is 6.07 Å². The van der Waals surface area contributed by atoms with Crippen molar-refractivity contribution in [3.05, 3.63) is 27.1 Å². The van der Waals surface area contributed by atoms with Crippen LogP contribution in [0.3, 0.4) is 0 Å². The van der Waals surface area contributed by atoms with Crippen LogP contribution in [-0.4, -0.2) is 10.9 Å². The zero-order valence-electron chi connectivity index (χ0n) is 9.90. The quantitative estimate of drug-likeness (QED) is 0.888. The van der Waals surface area contributed by atoms with Gasteiger partial charge in [0.15, 0.2) is 5.13 Å². The molecule has 2 heterocycles. The summed E-state index contributed by atoms with van der Waals surface area (Å²) in [5.41, 5.74) is 7.50. The predicted molar refractivity (Wildman–Crippen MR) is 75.5 cm³/mol. The maximum Gasteiger partial charge on any atom is 0.275 e. The van der Waals surface area contributed by atoms with E-state index in [0.29, 0.717) is 21.4 Å². The molecule has 2 aromatic heterocycles. The molecule has 0 radical (unpaired) electrons. The molecule has 7 heteroatoms. The lowest BCUT2D eigenvalue weighted by Crippen LogP contribution is -2.12. The van der Waals surface area contributed by atoms with Gasteiger partial charge in [0.25, 0.3) is 5.91 Å². The molecule has 0 bridgehead atoms. The van der Waals surface area contributed by atoms with Gasteiger partial charge in [-0.05, 0) is 24.8 Å². The monoisotopic (exact) mass is 290 g/mol. The topological polar surface area (TPSA) is 91.8 Å². The van der Waals surface area contributed by atoms with E-state index in [4.69, 9.17) is 5.73 Å². The average Bonchev–Trinajstić information content (AvgIpc) is 3.04. The maximum absolute atomic E-state index is 12.0. The summed E-state index contributed by atoms with van der Waals surface area (Å²) in [6.45, 7) is 0. The lowest BCUT2D eigenvalue weighted by molar-refractivity contribution is 0.102. The number of hydrogen-bond donors (Lipinski definition) is 2. The Labute approximate surface area is 117 Å². The number of carbonyl (C=O) groups excluding carboxylic acids is 1. The van der Waals surface area contributed by atoms with E-state index in [2.05, 4.69) is 16.4 Å². The van der Waals surface area contributed by atoms with Crippen LogP contribution in [-0.2, 0) is 12.8 Å². The Balaban J connectivity index is 1.88. The number of thiazole rings is 1. The third kappa shape index (κ3) is 2.09. The normalized spacial score (nSPS) is 13.0. The zero-order valence-corrected chi connectivity index (χ0v) is 11.5. The van der Waals surface area contributed by atoms with Gasteiger partial charge in [0.2, 0.25) is 0 Å². The number of aromatic nitrogens is 1. The van der Waals surface area contributed by atoms with E-state index in [0.717, 1.165) is 24.8 Å². The summed E-state index contributed by atoms with van der Waals surface area (Å²) >= 11 is 2.71. The van der Waals surface area contributed by atoms with E-state index in [1.165, 1.54) is 27.6 Å². The first kappa shape index (κ1) is 12.1. The van der Waals surface area contributed by atoms with Gasteiger partial charge >= 0.3 is 0 Å². The summed E-state index contributed by atoms with van der Waals surface area (Å²) in [4.78, 5) is 17.1. The van der Waals surface area contributed by atoms with Gasteiger partial charge in [0.05, 0.1) is 5.56 Å². The smallest absolute Gasteiger partial charge is 0.275 e. The number of amides is 1. The van der Waals surface area contributed by atoms with Gasteiger partial charge in [-0.25, -0.2) is 4.98 Å². The summed E-state index contributed by atoms with van der Waals surface area (Å²) in [5.74, 6) is -0.315. The van der Waals surface area contributed by atoms with Crippen molar-refractivity contribution in [1.29, 1.82) is 5.26 Å². The first-order valence-electron chi connectivity index (χ1n) is 5.76. The highest BCUT2D eigenvalue weighted by molar-refractivity contribution is 7.16. The van der Waals surface area contributed by atoms with Gasteiger partial charge in [-0.3, -0.25) is 4.79 Å². The van der Waals surface area contributed by atoms with Crippen molar-refractivity contribution in [2.45, 2.75) is 19.3 Å². The second-order valence-corrected chi connectivity index (χ2v) is 6.19. The van der Waals surface area contributed by atoms with E-state index in [1.54, 1.807) is 5.38 Å². The van der Waals surface area contributed by atoms with E-state index >= 15 is 0 Å². The Morgan fingerprint density at radius 2 is 2.37 bits per heavy atom. The number of nitriles is 1. The van der Waals surface area contributed by atoms with Crippen molar-refractivity contribution in [2.75, 3.05) is 11.1 Å². The van der Waals surface area contributed by atoms with Crippen LogP contribution in [0.2, 0.25) is 0 Å². The third-order valence-corrected chi connectivity index (χ3v) is 4.90. The fourth-order valence-electron chi connectivity index (χ4n) is 2.17. The van der Waals surface area contributed by atoms with Crippen LogP contribution >= 0.6 is 22.7 Å². The van der Waals surface area contributed by atoms with Gasteiger partial charge in [0, 0.05) is 10.3 Å². The SMILES string of the molecule is N#Cc1c(NC(=O)c2csc(N)n2)sc2c1CCC2. The minimum atomic E-state index is -0.315. The van der Waals surface area contributed by atoms with Gasteiger partial charge < -0.3 is 11.1 Å².